The summed E-state index contributed by atoms with van der Waals surface area (Å²) < 4.78 is 0. The Labute approximate surface area is 87.3 Å². The monoisotopic (exact) mass is 197 g/mol. The van der Waals surface area contributed by atoms with Crippen molar-refractivity contribution in [1.29, 1.82) is 0 Å². The van der Waals surface area contributed by atoms with E-state index in [0.29, 0.717) is 0 Å². The molecule has 14 heavy (non-hydrogen) atoms. The van der Waals surface area contributed by atoms with Gasteiger partial charge in [0.25, 0.3) is 0 Å². The fourth-order valence-electron chi connectivity index (χ4n) is 2.97. The topological polar surface area (TPSA) is 23.5 Å². The highest BCUT2D eigenvalue weighted by Gasteiger charge is 2.27. The summed E-state index contributed by atoms with van der Waals surface area (Å²) >= 11 is 0. The van der Waals surface area contributed by atoms with E-state index in [0.717, 1.165) is 31.3 Å². The zero-order valence-electron chi connectivity index (χ0n) is 9.28. The van der Waals surface area contributed by atoms with Crippen molar-refractivity contribution >= 4 is 0 Å². The average Bonchev–Trinajstić information content (AvgIpc) is 2.56. The van der Waals surface area contributed by atoms with Gasteiger partial charge in [0.2, 0.25) is 0 Å². The third-order valence-corrected chi connectivity index (χ3v) is 4.03. The molecule has 0 bridgehead atoms. The van der Waals surface area contributed by atoms with Crippen LogP contribution in [0.25, 0.3) is 0 Å². The molecule has 3 atom stereocenters. The molecule has 0 aromatic carbocycles. The highest BCUT2D eigenvalue weighted by molar-refractivity contribution is 4.80. The molecule has 2 unspecified atom stereocenters. The van der Waals surface area contributed by atoms with Crippen LogP contribution in [0, 0.1) is 11.8 Å². The Morgan fingerprint density at radius 2 is 2.00 bits per heavy atom. The molecule has 1 aliphatic heterocycles. The summed E-state index contributed by atoms with van der Waals surface area (Å²) in [6, 6.07) is 0. The van der Waals surface area contributed by atoms with Crippen LogP contribution in [0.15, 0.2) is 0 Å². The predicted octanol–water partition coefficient (Wildman–Crippen LogP) is 1.88. The lowest BCUT2D eigenvalue weighted by Gasteiger charge is -2.32. The fourth-order valence-corrected chi connectivity index (χ4v) is 2.97. The maximum absolute atomic E-state index is 9.45. The van der Waals surface area contributed by atoms with Crippen molar-refractivity contribution in [2.45, 2.75) is 45.1 Å². The van der Waals surface area contributed by atoms with Gasteiger partial charge >= 0.3 is 0 Å². The Balaban J connectivity index is 1.78. The van der Waals surface area contributed by atoms with Crippen molar-refractivity contribution in [3.63, 3.8) is 0 Å². The van der Waals surface area contributed by atoms with Gasteiger partial charge in [-0.1, -0.05) is 26.2 Å². The van der Waals surface area contributed by atoms with E-state index in [4.69, 9.17) is 0 Å². The van der Waals surface area contributed by atoms with E-state index in [2.05, 4.69) is 11.8 Å². The Kier molecular flexibility index (Phi) is 3.45. The van der Waals surface area contributed by atoms with Gasteiger partial charge in [0, 0.05) is 19.6 Å². The van der Waals surface area contributed by atoms with Crippen molar-refractivity contribution < 1.29 is 5.11 Å². The fraction of sp³-hybridized carbons (Fsp3) is 1.00. The number of nitrogens with zero attached hydrogens (tertiary/aromatic N) is 1. The van der Waals surface area contributed by atoms with Gasteiger partial charge in [-0.25, -0.2) is 0 Å². The van der Waals surface area contributed by atoms with Crippen molar-refractivity contribution in [1.82, 2.24) is 4.90 Å². The maximum Gasteiger partial charge on any atom is 0.0679 e. The molecule has 2 rings (SSSR count). The number of hydrogen-bond donors (Lipinski definition) is 1. The Morgan fingerprint density at radius 3 is 2.64 bits per heavy atom. The van der Waals surface area contributed by atoms with E-state index < -0.39 is 0 Å². The molecule has 1 heterocycles. The number of β-amino-alcohol motifs (C(OH)–C–C–N with tert-alkyl or cyclic N) is 1. The van der Waals surface area contributed by atoms with Crippen LogP contribution in [0.2, 0.25) is 0 Å². The van der Waals surface area contributed by atoms with Crippen molar-refractivity contribution in [3.05, 3.63) is 0 Å². The van der Waals surface area contributed by atoms with Gasteiger partial charge in [0.05, 0.1) is 6.10 Å². The molecule has 1 saturated heterocycles. The Hall–Kier alpha value is -0.0800. The first-order chi connectivity index (χ1) is 6.75. The molecule has 0 amide bonds. The molecule has 0 radical (unpaired) electrons. The molecule has 2 nitrogen and oxygen atoms in total. The zero-order valence-corrected chi connectivity index (χ0v) is 9.28. The van der Waals surface area contributed by atoms with Gasteiger partial charge < -0.3 is 10.0 Å². The van der Waals surface area contributed by atoms with Crippen LogP contribution in [0.4, 0.5) is 0 Å². The van der Waals surface area contributed by atoms with E-state index in [1.54, 1.807) is 0 Å². The second kappa shape index (κ2) is 4.63. The minimum atomic E-state index is -0.0473. The predicted molar refractivity (Wildman–Crippen MR) is 58.2 cm³/mol. The van der Waals surface area contributed by atoms with Crippen LogP contribution in [0.3, 0.4) is 0 Å². The van der Waals surface area contributed by atoms with Gasteiger partial charge in [-0.2, -0.15) is 0 Å². The summed E-state index contributed by atoms with van der Waals surface area (Å²) in [7, 11) is 0. The molecule has 1 N–H and O–H groups in total. The van der Waals surface area contributed by atoms with Crippen LogP contribution in [-0.2, 0) is 0 Å². The van der Waals surface area contributed by atoms with Crippen LogP contribution < -0.4 is 0 Å². The van der Waals surface area contributed by atoms with Crippen molar-refractivity contribution in [3.8, 4) is 0 Å². The summed E-state index contributed by atoms with van der Waals surface area (Å²) in [4.78, 5) is 2.46. The van der Waals surface area contributed by atoms with Crippen LogP contribution in [-0.4, -0.2) is 35.7 Å². The lowest BCUT2D eigenvalue weighted by Crippen LogP contribution is -2.32. The standard InChI is InChI=1S/C12H23NO/c1-10-4-2-3-5-11(10)8-13-7-6-12(14)9-13/h10-12,14H,2-9H2,1H3/t10?,11?,12-/m1/s1. The molecule has 2 aliphatic rings. The minimum Gasteiger partial charge on any atom is -0.392 e. The number of aliphatic hydroxyl groups excluding tert-OH is 1. The van der Waals surface area contributed by atoms with Crippen LogP contribution >= 0.6 is 0 Å². The first kappa shape index (κ1) is 10.4. The molecule has 0 aromatic heterocycles. The molecule has 0 aromatic rings. The lowest BCUT2D eigenvalue weighted by molar-refractivity contribution is 0.147. The van der Waals surface area contributed by atoms with Crippen LogP contribution in [0.5, 0.6) is 0 Å². The van der Waals surface area contributed by atoms with Crippen molar-refractivity contribution in [2.24, 2.45) is 11.8 Å². The summed E-state index contributed by atoms with van der Waals surface area (Å²) in [5, 5.41) is 9.45. The number of rotatable bonds is 2. The first-order valence-corrected chi connectivity index (χ1v) is 6.16. The number of aliphatic hydroxyl groups is 1. The zero-order chi connectivity index (χ0) is 9.97. The molecular weight excluding hydrogens is 174 g/mol. The molecule has 1 saturated carbocycles. The molecular formula is C12H23NO. The van der Waals surface area contributed by atoms with Gasteiger partial charge in [-0.05, 0) is 24.7 Å². The normalized spacial score (nSPS) is 40.3. The van der Waals surface area contributed by atoms with E-state index in [1.165, 1.54) is 32.2 Å². The van der Waals surface area contributed by atoms with E-state index in [9.17, 15) is 5.11 Å². The highest BCUT2D eigenvalue weighted by Crippen LogP contribution is 2.30. The highest BCUT2D eigenvalue weighted by atomic mass is 16.3. The molecule has 82 valence electrons. The molecule has 1 aliphatic carbocycles. The largest absolute Gasteiger partial charge is 0.392 e. The summed E-state index contributed by atoms with van der Waals surface area (Å²) in [6.45, 7) is 5.67. The first-order valence-electron chi connectivity index (χ1n) is 6.16. The van der Waals surface area contributed by atoms with E-state index in [1.807, 2.05) is 0 Å². The average molecular weight is 197 g/mol. The second-order valence-electron chi connectivity index (χ2n) is 5.22. The van der Waals surface area contributed by atoms with E-state index in [-0.39, 0.29) is 6.10 Å². The van der Waals surface area contributed by atoms with Crippen molar-refractivity contribution in [2.75, 3.05) is 19.6 Å². The van der Waals surface area contributed by atoms with Gasteiger partial charge in [-0.15, -0.1) is 0 Å². The van der Waals surface area contributed by atoms with Gasteiger partial charge in [-0.3, -0.25) is 0 Å². The molecule has 0 spiro atoms. The van der Waals surface area contributed by atoms with E-state index >= 15 is 0 Å². The Bertz CT molecular complexity index is 183. The van der Waals surface area contributed by atoms with Gasteiger partial charge in [0.1, 0.15) is 0 Å². The summed E-state index contributed by atoms with van der Waals surface area (Å²) in [5.41, 5.74) is 0. The minimum absolute atomic E-state index is 0.0473. The van der Waals surface area contributed by atoms with Crippen LogP contribution in [0.1, 0.15) is 39.0 Å². The third kappa shape index (κ3) is 2.48. The summed E-state index contributed by atoms with van der Waals surface area (Å²) in [5.74, 6) is 1.80. The SMILES string of the molecule is CC1CCCCC1CN1CC[C@@H](O)C1. The quantitative estimate of drug-likeness (QED) is 0.730. The molecule has 2 fully saturated rings. The number of likely N-dealkylation sites (tertiary alicyclic amines) is 1. The number of hydrogen-bond acceptors (Lipinski definition) is 2. The molecule has 2 heteroatoms. The second-order valence-corrected chi connectivity index (χ2v) is 5.22. The lowest BCUT2D eigenvalue weighted by atomic mass is 9.80. The third-order valence-electron chi connectivity index (χ3n) is 4.03. The summed E-state index contributed by atoms with van der Waals surface area (Å²) in [6.07, 6.45) is 6.62. The van der Waals surface area contributed by atoms with Gasteiger partial charge in [0.15, 0.2) is 0 Å². The smallest absolute Gasteiger partial charge is 0.0679 e. The Morgan fingerprint density at radius 1 is 1.21 bits per heavy atom. The maximum atomic E-state index is 9.45.